The topological polar surface area (TPSA) is 114 Å². The molecule has 2 heterocycles. The Kier molecular flexibility index (Phi) is 4.26. The van der Waals surface area contributed by atoms with Gasteiger partial charge in [-0.05, 0) is 30.7 Å². The van der Waals surface area contributed by atoms with Crippen molar-refractivity contribution in [1.29, 1.82) is 0 Å². The smallest absolute Gasteiger partial charge is 0.241 e. The second kappa shape index (κ2) is 6.35. The number of pyridine rings is 1. The molecule has 0 unspecified atom stereocenters. The second-order valence-corrected chi connectivity index (χ2v) is 6.66. The summed E-state index contributed by atoms with van der Waals surface area (Å²) in [5.41, 5.74) is 1.95. The van der Waals surface area contributed by atoms with Gasteiger partial charge in [-0.25, -0.2) is 23.5 Å². The minimum absolute atomic E-state index is 0.00346. The molecule has 3 aromatic rings. The molecule has 0 amide bonds. The molecule has 0 aliphatic rings. The van der Waals surface area contributed by atoms with E-state index in [-0.39, 0.29) is 10.7 Å². The van der Waals surface area contributed by atoms with Crippen LogP contribution in [0.2, 0.25) is 0 Å². The molecule has 23 heavy (non-hydrogen) atoms. The summed E-state index contributed by atoms with van der Waals surface area (Å²) in [7, 11) is -3.78. The first-order valence-corrected chi connectivity index (χ1v) is 8.74. The SMILES string of the molecule is NS(=O)(=O)c1cccnc1NCCCc1nc2ccccc2[nH]1. The number of aromatic nitrogens is 3. The summed E-state index contributed by atoms with van der Waals surface area (Å²) in [4.78, 5) is 11.8. The van der Waals surface area contributed by atoms with Gasteiger partial charge in [-0.1, -0.05) is 12.1 Å². The fraction of sp³-hybridized carbons (Fsp3) is 0.200. The molecule has 0 saturated carbocycles. The van der Waals surface area contributed by atoms with Crippen LogP contribution >= 0.6 is 0 Å². The molecule has 8 heteroatoms. The molecule has 0 radical (unpaired) electrons. The number of imidazole rings is 1. The average Bonchev–Trinajstić information content (AvgIpc) is 2.94. The van der Waals surface area contributed by atoms with Crippen LogP contribution in [-0.4, -0.2) is 29.9 Å². The molecule has 1 aromatic carbocycles. The van der Waals surface area contributed by atoms with Crippen molar-refractivity contribution in [2.24, 2.45) is 5.14 Å². The van der Waals surface area contributed by atoms with Crippen LogP contribution in [0.25, 0.3) is 11.0 Å². The lowest BCUT2D eigenvalue weighted by Crippen LogP contribution is -2.16. The molecular weight excluding hydrogens is 314 g/mol. The highest BCUT2D eigenvalue weighted by molar-refractivity contribution is 7.89. The number of benzene rings is 1. The second-order valence-electron chi connectivity index (χ2n) is 5.13. The number of nitrogens with one attached hydrogen (secondary N) is 2. The molecule has 0 spiro atoms. The van der Waals surface area contributed by atoms with Crippen molar-refractivity contribution in [1.82, 2.24) is 15.0 Å². The molecule has 120 valence electrons. The average molecular weight is 331 g/mol. The van der Waals surface area contributed by atoms with Crippen LogP contribution in [-0.2, 0) is 16.4 Å². The van der Waals surface area contributed by atoms with E-state index in [1.807, 2.05) is 24.3 Å². The van der Waals surface area contributed by atoms with Gasteiger partial charge in [-0.3, -0.25) is 0 Å². The van der Waals surface area contributed by atoms with Crippen LogP contribution in [0.3, 0.4) is 0 Å². The van der Waals surface area contributed by atoms with Gasteiger partial charge in [0.2, 0.25) is 10.0 Å². The molecule has 0 bridgehead atoms. The Bertz CT molecular complexity index is 887. The van der Waals surface area contributed by atoms with Gasteiger partial charge in [-0.2, -0.15) is 0 Å². The Morgan fingerprint density at radius 1 is 1.17 bits per heavy atom. The van der Waals surface area contributed by atoms with E-state index in [0.29, 0.717) is 6.54 Å². The molecule has 0 aliphatic carbocycles. The number of aromatic amines is 1. The van der Waals surface area contributed by atoms with E-state index in [1.165, 1.54) is 12.3 Å². The summed E-state index contributed by atoms with van der Waals surface area (Å²) in [6.45, 7) is 0.566. The van der Waals surface area contributed by atoms with Gasteiger partial charge in [0.15, 0.2) is 0 Å². The summed E-state index contributed by atoms with van der Waals surface area (Å²) in [5, 5.41) is 8.19. The standard InChI is InChI=1S/C15H17N5O2S/c16-23(21,22)13-7-3-9-17-15(13)18-10-4-8-14-19-11-5-1-2-6-12(11)20-14/h1-3,5-7,9H,4,8,10H2,(H,17,18)(H,19,20)(H2,16,21,22). The summed E-state index contributed by atoms with van der Waals surface area (Å²) < 4.78 is 23.0. The predicted molar refractivity (Wildman–Crippen MR) is 88.5 cm³/mol. The summed E-state index contributed by atoms with van der Waals surface area (Å²) in [5.74, 6) is 1.18. The number of primary sulfonamides is 1. The first kappa shape index (κ1) is 15.4. The molecule has 2 aromatic heterocycles. The fourth-order valence-corrected chi connectivity index (χ4v) is 3.00. The van der Waals surface area contributed by atoms with Crippen LogP contribution in [0.15, 0.2) is 47.5 Å². The van der Waals surface area contributed by atoms with E-state index >= 15 is 0 Å². The highest BCUT2D eigenvalue weighted by Crippen LogP contribution is 2.16. The van der Waals surface area contributed by atoms with Crippen molar-refractivity contribution in [2.75, 3.05) is 11.9 Å². The van der Waals surface area contributed by atoms with Crippen molar-refractivity contribution >= 4 is 26.9 Å². The third-order valence-electron chi connectivity index (χ3n) is 3.40. The van der Waals surface area contributed by atoms with Gasteiger partial charge in [0.05, 0.1) is 11.0 Å². The number of hydrogen-bond acceptors (Lipinski definition) is 5. The van der Waals surface area contributed by atoms with Gasteiger partial charge in [0.1, 0.15) is 16.5 Å². The third-order valence-corrected chi connectivity index (χ3v) is 4.34. The first-order valence-electron chi connectivity index (χ1n) is 7.19. The number of fused-ring (bicyclic) bond motifs is 1. The Balaban J connectivity index is 1.60. The number of H-pyrrole nitrogens is 1. The lowest BCUT2D eigenvalue weighted by atomic mass is 10.3. The number of hydrogen-bond donors (Lipinski definition) is 3. The zero-order chi connectivity index (χ0) is 16.3. The Hall–Kier alpha value is -2.45. The van der Waals surface area contributed by atoms with Crippen molar-refractivity contribution < 1.29 is 8.42 Å². The van der Waals surface area contributed by atoms with Crippen LogP contribution < -0.4 is 10.5 Å². The molecule has 0 atom stereocenters. The molecule has 0 fully saturated rings. The summed E-state index contributed by atoms with van der Waals surface area (Å²) >= 11 is 0. The van der Waals surface area contributed by atoms with Gasteiger partial charge in [0.25, 0.3) is 0 Å². The van der Waals surface area contributed by atoms with E-state index in [4.69, 9.17) is 5.14 Å². The Morgan fingerprint density at radius 2 is 2.00 bits per heavy atom. The normalized spacial score (nSPS) is 11.7. The number of nitrogens with two attached hydrogens (primary N) is 1. The number of sulfonamides is 1. The van der Waals surface area contributed by atoms with Crippen molar-refractivity contribution in [3.05, 3.63) is 48.4 Å². The highest BCUT2D eigenvalue weighted by Gasteiger charge is 2.14. The van der Waals surface area contributed by atoms with Crippen LogP contribution in [0, 0.1) is 0 Å². The summed E-state index contributed by atoms with van der Waals surface area (Å²) in [6, 6.07) is 10.8. The molecule has 0 saturated heterocycles. The van der Waals surface area contributed by atoms with Crippen molar-refractivity contribution in [3.63, 3.8) is 0 Å². The van der Waals surface area contributed by atoms with Gasteiger partial charge < -0.3 is 10.3 Å². The van der Waals surface area contributed by atoms with Crippen molar-refractivity contribution in [3.8, 4) is 0 Å². The Morgan fingerprint density at radius 3 is 2.78 bits per heavy atom. The molecule has 0 aliphatic heterocycles. The van der Waals surface area contributed by atoms with Gasteiger partial charge >= 0.3 is 0 Å². The lowest BCUT2D eigenvalue weighted by molar-refractivity contribution is 0.597. The quantitative estimate of drug-likeness (QED) is 0.594. The van der Waals surface area contributed by atoms with Gasteiger partial charge in [0, 0.05) is 19.2 Å². The first-order chi connectivity index (χ1) is 11.0. The largest absolute Gasteiger partial charge is 0.369 e. The maximum absolute atomic E-state index is 11.5. The monoisotopic (exact) mass is 331 g/mol. The zero-order valence-corrected chi connectivity index (χ0v) is 13.2. The maximum Gasteiger partial charge on any atom is 0.241 e. The number of aryl methyl sites for hydroxylation is 1. The molecule has 7 nitrogen and oxygen atoms in total. The van der Waals surface area contributed by atoms with Crippen LogP contribution in [0.5, 0.6) is 0 Å². The maximum atomic E-state index is 11.5. The minimum Gasteiger partial charge on any atom is -0.369 e. The van der Waals surface area contributed by atoms with Crippen molar-refractivity contribution in [2.45, 2.75) is 17.7 Å². The fourth-order valence-electron chi connectivity index (χ4n) is 2.34. The van der Waals surface area contributed by atoms with E-state index in [1.54, 1.807) is 6.07 Å². The molecule has 4 N–H and O–H groups in total. The van der Waals surface area contributed by atoms with Gasteiger partial charge in [-0.15, -0.1) is 0 Å². The number of anilines is 1. The predicted octanol–water partition coefficient (Wildman–Crippen LogP) is 1.65. The third kappa shape index (κ3) is 3.66. The molecular formula is C15H17N5O2S. The highest BCUT2D eigenvalue weighted by atomic mass is 32.2. The number of nitrogens with zero attached hydrogens (tertiary/aromatic N) is 2. The van der Waals surface area contributed by atoms with E-state index < -0.39 is 10.0 Å². The van der Waals surface area contributed by atoms with Crippen LogP contribution in [0.4, 0.5) is 5.82 Å². The number of rotatable bonds is 6. The Labute approximate surface area is 134 Å². The zero-order valence-electron chi connectivity index (χ0n) is 12.4. The number of para-hydroxylation sites is 2. The molecule has 3 rings (SSSR count). The van der Waals surface area contributed by atoms with E-state index in [0.717, 1.165) is 29.7 Å². The lowest BCUT2D eigenvalue weighted by Gasteiger charge is -2.08. The van der Waals surface area contributed by atoms with Crippen LogP contribution in [0.1, 0.15) is 12.2 Å². The van der Waals surface area contributed by atoms with E-state index in [2.05, 4.69) is 20.3 Å². The van der Waals surface area contributed by atoms with E-state index in [9.17, 15) is 8.42 Å². The summed E-state index contributed by atoms with van der Waals surface area (Å²) in [6.07, 6.45) is 3.05. The minimum atomic E-state index is -3.78.